The van der Waals surface area contributed by atoms with E-state index in [4.69, 9.17) is 4.74 Å². The molecule has 1 aromatic rings. The van der Waals surface area contributed by atoms with Crippen molar-refractivity contribution < 1.29 is 18.3 Å². The fraction of sp³-hybridized carbons (Fsp3) is 0.500. The Bertz CT molecular complexity index is 421. The van der Waals surface area contributed by atoms with Gasteiger partial charge in [0.1, 0.15) is 11.6 Å². The molecule has 20 heavy (non-hydrogen) atoms. The van der Waals surface area contributed by atoms with Crippen molar-refractivity contribution in [2.24, 2.45) is 0 Å². The largest absolute Gasteiger partial charge is 0.385 e. The van der Waals surface area contributed by atoms with Gasteiger partial charge >= 0.3 is 6.03 Å². The summed E-state index contributed by atoms with van der Waals surface area (Å²) in [6.07, 6.45) is 0.860. The van der Waals surface area contributed by atoms with E-state index in [2.05, 4.69) is 5.32 Å². The second kappa shape index (κ2) is 8.47. The van der Waals surface area contributed by atoms with Crippen LogP contribution in [0.5, 0.6) is 0 Å². The Morgan fingerprint density at radius 2 is 2.00 bits per heavy atom. The maximum absolute atomic E-state index is 13.4. The van der Waals surface area contributed by atoms with E-state index in [-0.39, 0.29) is 24.6 Å². The number of benzene rings is 1. The quantitative estimate of drug-likeness (QED) is 0.781. The molecule has 0 unspecified atom stereocenters. The van der Waals surface area contributed by atoms with Crippen molar-refractivity contribution in [3.05, 3.63) is 35.4 Å². The molecule has 0 radical (unpaired) electrons. The minimum atomic E-state index is -0.590. The number of hydrogen-bond acceptors (Lipinski definition) is 2. The molecule has 0 saturated heterocycles. The molecule has 1 N–H and O–H groups in total. The van der Waals surface area contributed by atoms with E-state index in [9.17, 15) is 13.6 Å². The first-order chi connectivity index (χ1) is 9.56. The standard InChI is InChI=1S/C14H20F2N2O2/c1-18(9-4-10-20-2)14(19)17-8-7-11-12(15)5-3-6-13(11)16/h3,5-6H,4,7-10H2,1-2H3,(H,17,19). The zero-order valence-electron chi connectivity index (χ0n) is 11.8. The van der Waals surface area contributed by atoms with Gasteiger partial charge in [0, 0.05) is 39.4 Å². The first kappa shape index (κ1) is 16.4. The van der Waals surface area contributed by atoms with Crippen molar-refractivity contribution in [3.63, 3.8) is 0 Å². The number of hydrogen-bond donors (Lipinski definition) is 1. The smallest absolute Gasteiger partial charge is 0.317 e. The van der Waals surface area contributed by atoms with Crippen LogP contribution in [0.15, 0.2) is 18.2 Å². The van der Waals surface area contributed by atoms with E-state index in [0.29, 0.717) is 13.2 Å². The van der Waals surface area contributed by atoms with Crippen LogP contribution in [-0.4, -0.2) is 44.8 Å². The molecule has 0 heterocycles. The molecule has 0 spiro atoms. The maximum Gasteiger partial charge on any atom is 0.317 e. The molecule has 0 aliphatic rings. The number of methoxy groups -OCH3 is 1. The van der Waals surface area contributed by atoms with Crippen molar-refractivity contribution in [3.8, 4) is 0 Å². The van der Waals surface area contributed by atoms with Crippen LogP contribution in [0, 0.1) is 11.6 Å². The molecule has 2 amide bonds. The van der Waals surface area contributed by atoms with Gasteiger partial charge in [0.25, 0.3) is 0 Å². The van der Waals surface area contributed by atoms with Crippen LogP contribution in [0.2, 0.25) is 0 Å². The molecule has 0 aliphatic heterocycles. The Hall–Kier alpha value is -1.69. The molecular formula is C14H20F2N2O2. The molecule has 1 rings (SSSR count). The number of carbonyl (C=O) groups is 1. The Labute approximate surface area is 117 Å². The second-order valence-corrected chi connectivity index (χ2v) is 4.45. The highest BCUT2D eigenvalue weighted by atomic mass is 19.1. The normalized spacial score (nSPS) is 10.4. The summed E-state index contributed by atoms with van der Waals surface area (Å²) in [7, 11) is 3.26. The first-order valence-electron chi connectivity index (χ1n) is 6.47. The van der Waals surface area contributed by atoms with Crippen molar-refractivity contribution in [1.29, 1.82) is 0 Å². The van der Waals surface area contributed by atoms with Crippen molar-refractivity contribution >= 4 is 6.03 Å². The molecule has 0 fully saturated rings. The molecule has 6 heteroatoms. The van der Waals surface area contributed by atoms with Crippen LogP contribution in [0.1, 0.15) is 12.0 Å². The van der Waals surface area contributed by atoms with Gasteiger partial charge in [0.15, 0.2) is 0 Å². The van der Waals surface area contributed by atoms with Crippen LogP contribution in [0.4, 0.5) is 13.6 Å². The number of halogens is 2. The van der Waals surface area contributed by atoms with E-state index in [0.717, 1.165) is 6.42 Å². The summed E-state index contributed by atoms with van der Waals surface area (Å²) in [5.41, 5.74) is -0.00478. The third-order valence-corrected chi connectivity index (χ3v) is 2.90. The van der Waals surface area contributed by atoms with Crippen LogP contribution >= 0.6 is 0 Å². The van der Waals surface area contributed by atoms with Gasteiger partial charge in [-0.15, -0.1) is 0 Å². The minimum Gasteiger partial charge on any atom is -0.385 e. The van der Waals surface area contributed by atoms with Crippen LogP contribution in [0.25, 0.3) is 0 Å². The Kier molecular flexibility index (Phi) is 6.93. The third-order valence-electron chi connectivity index (χ3n) is 2.90. The van der Waals surface area contributed by atoms with E-state index >= 15 is 0 Å². The van der Waals surface area contributed by atoms with Gasteiger partial charge in [-0.05, 0) is 25.0 Å². The lowest BCUT2D eigenvalue weighted by Gasteiger charge is -2.17. The van der Waals surface area contributed by atoms with Crippen LogP contribution < -0.4 is 5.32 Å². The molecule has 0 aromatic heterocycles. The van der Waals surface area contributed by atoms with Gasteiger partial charge in [-0.1, -0.05) is 6.07 Å². The zero-order chi connectivity index (χ0) is 15.0. The summed E-state index contributed by atoms with van der Waals surface area (Å²) in [6, 6.07) is 3.46. The Balaban J connectivity index is 2.35. The van der Waals surface area contributed by atoms with E-state index in [1.165, 1.54) is 23.1 Å². The fourth-order valence-electron chi connectivity index (χ4n) is 1.75. The molecule has 4 nitrogen and oxygen atoms in total. The molecular weight excluding hydrogens is 266 g/mol. The highest BCUT2D eigenvalue weighted by Gasteiger charge is 2.10. The van der Waals surface area contributed by atoms with Crippen molar-refractivity contribution in [2.45, 2.75) is 12.8 Å². The van der Waals surface area contributed by atoms with Gasteiger partial charge in [0.2, 0.25) is 0 Å². The molecule has 0 aliphatic carbocycles. The predicted octanol–water partition coefficient (Wildman–Crippen LogP) is 2.19. The van der Waals surface area contributed by atoms with Crippen LogP contribution in [-0.2, 0) is 11.2 Å². The molecule has 0 saturated carbocycles. The van der Waals surface area contributed by atoms with Crippen LogP contribution in [0.3, 0.4) is 0 Å². The zero-order valence-corrected chi connectivity index (χ0v) is 11.8. The first-order valence-corrected chi connectivity index (χ1v) is 6.47. The molecule has 0 bridgehead atoms. The monoisotopic (exact) mass is 286 g/mol. The fourth-order valence-corrected chi connectivity index (χ4v) is 1.75. The topological polar surface area (TPSA) is 41.6 Å². The maximum atomic E-state index is 13.4. The van der Waals surface area contributed by atoms with E-state index in [1.807, 2.05) is 0 Å². The van der Waals surface area contributed by atoms with E-state index < -0.39 is 11.6 Å². The average Bonchev–Trinajstić information content (AvgIpc) is 2.42. The lowest BCUT2D eigenvalue weighted by molar-refractivity contribution is 0.175. The third kappa shape index (κ3) is 5.13. The predicted molar refractivity (Wildman–Crippen MR) is 72.6 cm³/mol. The number of rotatable bonds is 7. The second-order valence-electron chi connectivity index (χ2n) is 4.45. The number of nitrogens with one attached hydrogen (secondary N) is 1. The SMILES string of the molecule is COCCCN(C)C(=O)NCCc1c(F)cccc1F. The summed E-state index contributed by atoms with van der Waals surface area (Å²) in [5, 5.41) is 2.63. The number of ether oxygens (including phenoxy) is 1. The number of urea groups is 1. The summed E-state index contributed by atoms with van der Waals surface area (Å²) in [4.78, 5) is 13.2. The Morgan fingerprint density at radius 3 is 2.60 bits per heavy atom. The van der Waals surface area contributed by atoms with Gasteiger partial charge < -0.3 is 15.0 Å². The molecule has 0 atom stereocenters. The van der Waals surface area contributed by atoms with Gasteiger partial charge in [-0.25, -0.2) is 13.6 Å². The molecule has 112 valence electrons. The minimum absolute atomic E-state index is 0.00478. The van der Waals surface area contributed by atoms with Gasteiger partial charge in [0.05, 0.1) is 0 Å². The Morgan fingerprint density at radius 1 is 1.35 bits per heavy atom. The number of nitrogens with zero attached hydrogens (tertiary/aromatic N) is 1. The summed E-state index contributed by atoms with van der Waals surface area (Å²) >= 11 is 0. The van der Waals surface area contributed by atoms with Crippen molar-refractivity contribution in [2.75, 3.05) is 33.9 Å². The molecule has 1 aromatic carbocycles. The summed E-state index contributed by atoms with van der Waals surface area (Å²) in [5.74, 6) is -1.18. The lowest BCUT2D eigenvalue weighted by Crippen LogP contribution is -2.39. The highest BCUT2D eigenvalue weighted by molar-refractivity contribution is 5.73. The van der Waals surface area contributed by atoms with E-state index in [1.54, 1.807) is 14.2 Å². The summed E-state index contributed by atoms with van der Waals surface area (Å²) < 4.78 is 31.6. The average molecular weight is 286 g/mol. The summed E-state index contributed by atoms with van der Waals surface area (Å²) in [6.45, 7) is 1.33. The lowest BCUT2D eigenvalue weighted by atomic mass is 10.1. The highest BCUT2D eigenvalue weighted by Crippen LogP contribution is 2.11. The van der Waals surface area contributed by atoms with Crippen molar-refractivity contribution in [1.82, 2.24) is 10.2 Å². The number of amides is 2. The van der Waals surface area contributed by atoms with Gasteiger partial charge in [-0.3, -0.25) is 0 Å². The number of carbonyl (C=O) groups excluding carboxylic acids is 1. The van der Waals surface area contributed by atoms with Gasteiger partial charge in [-0.2, -0.15) is 0 Å².